The number of anilines is 1. The summed E-state index contributed by atoms with van der Waals surface area (Å²) >= 11 is 0. The van der Waals surface area contributed by atoms with Gasteiger partial charge in [0.05, 0.1) is 13.2 Å². The maximum atomic E-state index is 13.7. The maximum absolute atomic E-state index is 13.7. The maximum Gasteiger partial charge on any atom is 0.312 e. The first-order valence-electron chi connectivity index (χ1n) is 9.03. The summed E-state index contributed by atoms with van der Waals surface area (Å²) in [5.41, 5.74) is 7.12. The van der Waals surface area contributed by atoms with Crippen LogP contribution in [0.25, 0.3) is 0 Å². The van der Waals surface area contributed by atoms with Gasteiger partial charge in [-0.3, -0.25) is 9.69 Å². The van der Waals surface area contributed by atoms with Crippen LogP contribution in [0.5, 0.6) is 0 Å². The summed E-state index contributed by atoms with van der Waals surface area (Å²) in [6.07, 6.45) is 0. The number of nitrogens with two attached hydrogens (primary N) is 1. The van der Waals surface area contributed by atoms with Gasteiger partial charge in [-0.25, -0.2) is 9.18 Å². The second kappa shape index (κ2) is 9.29. The minimum atomic E-state index is -0.615. The standard InChI is InChI=1S/C20H23FN4O3/c21-16-3-1-2-15(12-16)18(25-8-10-28-11-9-25)19(26)24-17-6-4-14(5-7-17)13-23-20(22)27/h1-7,12,18H,8-11,13H2,(H,24,26)(H3,22,23,27). The van der Waals surface area contributed by atoms with Crippen LogP contribution in [0.15, 0.2) is 48.5 Å². The number of carbonyl (C=O) groups excluding carboxylic acids is 2. The van der Waals surface area contributed by atoms with Gasteiger partial charge in [-0.1, -0.05) is 24.3 Å². The Morgan fingerprint density at radius 2 is 1.86 bits per heavy atom. The molecule has 0 aromatic heterocycles. The van der Waals surface area contributed by atoms with E-state index in [-0.39, 0.29) is 11.7 Å². The van der Waals surface area contributed by atoms with Gasteiger partial charge < -0.3 is 21.1 Å². The first-order valence-corrected chi connectivity index (χ1v) is 9.03. The Bertz CT molecular complexity index is 822. The average molecular weight is 386 g/mol. The molecule has 1 heterocycles. The number of benzene rings is 2. The van der Waals surface area contributed by atoms with E-state index >= 15 is 0 Å². The van der Waals surface area contributed by atoms with Crippen molar-refractivity contribution in [2.24, 2.45) is 5.73 Å². The zero-order chi connectivity index (χ0) is 19.9. The Kier molecular flexibility index (Phi) is 6.57. The number of urea groups is 1. The molecule has 3 amide bonds. The molecule has 3 rings (SSSR count). The molecule has 1 atom stereocenters. The van der Waals surface area contributed by atoms with Crippen LogP contribution < -0.4 is 16.4 Å². The third-order valence-electron chi connectivity index (χ3n) is 4.51. The van der Waals surface area contributed by atoms with E-state index in [0.29, 0.717) is 44.1 Å². The fourth-order valence-electron chi connectivity index (χ4n) is 3.15. The van der Waals surface area contributed by atoms with Gasteiger partial charge in [0, 0.05) is 25.3 Å². The lowest BCUT2D eigenvalue weighted by atomic mass is 10.0. The second-order valence-corrected chi connectivity index (χ2v) is 6.51. The molecule has 4 N–H and O–H groups in total. The molecule has 0 saturated carbocycles. The molecule has 0 spiro atoms. The molecule has 1 aliphatic rings. The predicted octanol–water partition coefficient (Wildman–Crippen LogP) is 2.01. The van der Waals surface area contributed by atoms with Gasteiger partial charge in [0.2, 0.25) is 5.91 Å². The molecule has 2 aromatic rings. The normalized spacial score (nSPS) is 15.6. The number of ether oxygens (including phenoxy) is 1. The largest absolute Gasteiger partial charge is 0.379 e. The summed E-state index contributed by atoms with van der Waals surface area (Å²) in [7, 11) is 0. The molecule has 2 aromatic carbocycles. The van der Waals surface area contributed by atoms with Crippen molar-refractivity contribution in [3.63, 3.8) is 0 Å². The fourth-order valence-corrected chi connectivity index (χ4v) is 3.15. The SMILES string of the molecule is NC(=O)NCc1ccc(NC(=O)C(c2cccc(F)c2)N2CCOCC2)cc1. The van der Waals surface area contributed by atoms with Gasteiger partial charge in [-0.05, 0) is 35.4 Å². The predicted molar refractivity (Wildman–Crippen MR) is 103 cm³/mol. The quantitative estimate of drug-likeness (QED) is 0.708. The Morgan fingerprint density at radius 3 is 2.50 bits per heavy atom. The number of halogens is 1. The number of morpholine rings is 1. The van der Waals surface area contributed by atoms with E-state index in [9.17, 15) is 14.0 Å². The minimum absolute atomic E-state index is 0.240. The first kappa shape index (κ1) is 19.8. The summed E-state index contributed by atoms with van der Waals surface area (Å²) in [5.74, 6) is -0.620. The zero-order valence-electron chi connectivity index (χ0n) is 15.4. The van der Waals surface area contributed by atoms with Crippen LogP contribution in [0, 0.1) is 5.82 Å². The molecule has 7 nitrogen and oxygen atoms in total. The molecule has 0 radical (unpaired) electrons. The fraction of sp³-hybridized carbons (Fsp3) is 0.300. The smallest absolute Gasteiger partial charge is 0.312 e. The molecule has 1 saturated heterocycles. The van der Waals surface area contributed by atoms with Crippen LogP contribution in [-0.4, -0.2) is 43.1 Å². The summed E-state index contributed by atoms with van der Waals surface area (Å²) < 4.78 is 19.1. The Balaban J connectivity index is 1.74. The lowest BCUT2D eigenvalue weighted by Gasteiger charge is -2.33. The Hall–Kier alpha value is -2.97. The van der Waals surface area contributed by atoms with Crippen molar-refractivity contribution in [1.29, 1.82) is 0 Å². The van der Waals surface area contributed by atoms with Crippen molar-refractivity contribution < 1.29 is 18.7 Å². The van der Waals surface area contributed by atoms with Crippen LogP contribution in [0.4, 0.5) is 14.9 Å². The summed E-state index contributed by atoms with van der Waals surface area (Å²) in [5, 5.41) is 5.40. The summed E-state index contributed by atoms with van der Waals surface area (Å²) in [6, 6.07) is 12.0. The third-order valence-corrected chi connectivity index (χ3v) is 4.51. The Labute approximate surface area is 162 Å². The summed E-state index contributed by atoms with van der Waals surface area (Å²) in [4.78, 5) is 25.8. The van der Waals surface area contributed by atoms with Crippen molar-refractivity contribution >= 4 is 17.6 Å². The van der Waals surface area contributed by atoms with E-state index in [1.165, 1.54) is 12.1 Å². The van der Waals surface area contributed by atoms with Gasteiger partial charge in [-0.2, -0.15) is 0 Å². The van der Waals surface area contributed by atoms with Crippen molar-refractivity contribution in [1.82, 2.24) is 10.2 Å². The topological polar surface area (TPSA) is 96.7 Å². The van der Waals surface area contributed by atoms with Crippen LogP contribution in [0.1, 0.15) is 17.2 Å². The van der Waals surface area contributed by atoms with Gasteiger partial charge in [0.15, 0.2) is 0 Å². The zero-order valence-corrected chi connectivity index (χ0v) is 15.4. The molecule has 1 unspecified atom stereocenters. The number of primary amides is 1. The second-order valence-electron chi connectivity index (χ2n) is 6.51. The van der Waals surface area contributed by atoms with Crippen molar-refractivity contribution in [3.8, 4) is 0 Å². The van der Waals surface area contributed by atoms with E-state index in [2.05, 4.69) is 10.6 Å². The highest BCUT2D eigenvalue weighted by atomic mass is 19.1. The van der Waals surface area contributed by atoms with Crippen LogP contribution in [0.2, 0.25) is 0 Å². The van der Waals surface area contributed by atoms with Gasteiger partial charge >= 0.3 is 6.03 Å². The summed E-state index contributed by atoms with van der Waals surface area (Å²) in [6.45, 7) is 2.54. The number of carbonyl (C=O) groups is 2. The third kappa shape index (κ3) is 5.28. The van der Waals surface area contributed by atoms with Gasteiger partial charge in [0.25, 0.3) is 0 Å². The van der Waals surface area contributed by atoms with Crippen molar-refractivity contribution in [3.05, 3.63) is 65.5 Å². The number of nitrogens with one attached hydrogen (secondary N) is 2. The van der Waals surface area contributed by atoms with Crippen molar-refractivity contribution in [2.45, 2.75) is 12.6 Å². The molecule has 1 aliphatic heterocycles. The van der Waals surface area contributed by atoms with E-state index in [4.69, 9.17) is 10.5 Å². The highest BCUT2D eigenvalue weighted by molar-refractivity contribution is 5.95. The number of rotatable bonds is 6. The molecule has 148 valence electrons. The van der Waals surface area contributed by atoms with Crippen LogP contribution >= 0.6 is 0 Å². The van der Waals surface area contributed by atoms with Crippen molar-refractivity contribution in [2.75, 3.05) is 31.6 Å². The monoisotopic (exact) mass is 386 g/mol. The van der Waals surface area contributed by atoms with E-state index in [1.807, 2.05) is 4.90 Å². The molecule has 28 heavy (non-hydrogen) atoms. The highest BCUT2D eigenvalue weighted by Gasteiger charge is 2.29. The lowest BCUT2D eigenvalue weighted by Crippen LogP contribution is -2.43. The van der Waals surface area contributed by atoms with Gasteiger partial charge in [-0.15, -0.1) is 0 Å². The highest BCUT2D eigenvalue weighted by Crippen LogP contribution is 2.24. The number of hydrogen-bond donors (Lipinski definition) is 3. The Morgan fingerprint density at radius 1 is 1.14 bits per heavy atom. The molecule has 1 fully saturated rings. The molecular formula is C20H23FN4O3. The molecule has 0 bridgehead atoms. The van der Waals surface area contributed by atoms with Crippen LogP contribution in [0.3, 0.4) is 0 Å². The molecular weight excluding hydrogens is 363 g/mol. The molecule has 8 heteroatoms. The number of nitrogens with zero attached hydrogens (tertiary/aromatic N) is 1. The first-order chi connectivity index (χ1) is 13.5. The van der Waals surface area contributed by atoms with E-state index < -0.39 is 12.1 Å². The van der Waals surface area contributed by atoms with Crippen LogP contribution in [-0.2, 0) is 16.1 Å². The van der Waals surface area contributed by atoms with E-state index in [1.54, 1.807) is 36.4 Å². The van der Waals surface area contributed by atoms with Gasteiger partial charge in [0.1, 0.15) is 11.9 Å². The van der Waals surface area contributed by atoms with E-state index in [0.717, 1.165) is 5.56 Å². The number of amides is 3. The lowest BCUT2D eigenvalue weighted by molar-refractivity contribution is -0.123. The minimum Gasteiger partial charge on any atom is -0.379 e. The average Bonchev–Trinajstić information content (AvgIpc) is 2.68. The number of hydrogen-bond acceptors (Lipinski definition) is 4. The molecule has 0 aliphatic carbocycles.